The van der Waals surface area contributed by atoms with Gasteiger partial charge in [-0.25, -0.2) is 0 Å². The Labute approximate surface area is 117 Å². The van der Waals surface area contributed by atoms with Crippen molar-refractivity contribution in [3.8, 4) is 0 Å². The molecule has 0 spiro atoms. The van der Waals surface area contributed by atoms with E-state index in [0.29, 0.717) is 16.5 Å². The molecule has 0 aromatic heterocycles. The van der Waals surface area contributed by atoms with E-state index in [0.717, 1.165) is 16.7 Å². The number of hydrogen-bond donors (Lipinski definition) is 1. The molecule has 0 heterocycles. The van der Waals surface area contributed by atoms with Crippen LogP contribution in [0.1, 0.15) is 22.8 Å². The second kappa shape index (κ2) is 5.75. The molecule has 0 amide bonds. The van der Waals surface area contributed by atoms with Crippen LogP contribution in [0.2, 0.25) is 10.0 Å². The molecule has 2 aromatic carbocycles. The maximum Gasteiger partial charge on any atom is 0.0833 e. The molecule has 0 saturated carbocycles. The number of aliphatic hydroxyl groups excluding tert-OH is 1. The zero-order chi connectivity index (χ0) is 13.1. The molecule has 1 atom stereocenters. The molecule has 0 aliphatic rings. The van der Waals surface area contributed by atoms with E-state index in [1.54, 1.807) is 0 Å². The zero-order valence-corrected chi connectivity index (χ0v) is 11.5. The lowest BCUT2D eigenvalue weighted by Crippen LogP contribution is -2.03. The monoisotopic (exact) mass is 280 g/mol. The third kappa shape index (κ3) is 3.26. The van der Waals surface area contributed by atoms with Gasteiger partial charge < -0.3 is 5.11 Å². The van der Waals surface area contributed by atoms with Crippen LogP contribution in [0.4, 0.5) is 0 Å². The second-order valence-electron chi connectivity index (χ2n) is 4.35. The van der Waals surface area contributed by atoms with Crippen molar-refractivity contribution in [3.63, 3.8) is 0 Å². The van der Waals surface area contributed by atoms with Gasteiger partial charge in [-0.1, -0.05) is 41.4 Å². The van der Waals surface area contributed by atoms with Crippen LogP contribution in [0.5, 0.6) is 0 Å². The molecular weight excluding hydrogens is 267 g/mol. The fourth-order valence-corrected chi connectivity index (χ4v) is 2.36. The topological polar surface area (TPSA) is 20.2 Å². The molecular formula is C15H14Cl2O. The number of halogens is 2. The van der Waals surface area contributed by atoms with E-state index in [1.807, 2.05) is 49.4 Å². The first-order valence-corrected chi connectivity index (χ1v) is 6.50. The lowest BCUT2D eigenvalue weighted by molar-refractivity contribution is 0.178. The molecule has 2 rings (SSSR count). The van der Waals surface area contributed by atoms with Crippen molar-refractivity contribution in [2.45, 2.75) is 19.4 Å². The smallest absolute Gasteiger partial charge is 0.0833 e. The fourth-order valence-electron chi connectivity index (χ4n) is 1.97. The third-order valence-corrected chi connectivity index (χ3v) is 3.39. The number of rotatable bonds is 3. The van der Waals surface area contributed by atoms with Crippen molar-refractivity contribution in [1.82, 2.24) is 0 Å². The van der Waals surface area contributed by atoms with E-state index in [2.05, 4.69) is 0 Å². The molecule has 0 radical (unpaired) electrons. The van der Waals surface area contributed by atoms with Gasteiger partial charge in [-0.15, -0.1) is 0 Å². The highest BCUT2D eigenvalue weighted by molar-refractivity contribution is 6.30. The summed E-state index contributed by atoms with van der Waals surface area (Å²) < 4.78 is 0. The van der Waals surface area contributed by atoms with E-state index < -0.39 is 6.10 Å². The average Bonchev–Trinajstić information content (AvgIpc) is 2.32. The van der Waals surface area contributed by atoms with Gasteiger partial charge >= 0.3 is 0 Å². The predicted molar refractivity (Wildman–Crippen MR) is 76.3 cm³/mol. The summed E-state index contributed by atoms with van der Waals surface area (Å²) in [6.45, 7) is 1.97. The summed E-state index contributed by atoms with van der Waals surface area (Å²) in [5.41, 5.74) is 2.91. The molecule has 0 aliphatic carbocycles. The Morgan fingerprint density at radius 1 is 1.06 bits per heavy atom. The third-order valence-electron chi connectivity index (χ3n) is 2.92. The van der Waals surface area contributed by atoms with Crippen LogP contribution in [-0.4, -0.2) is 5.11 Å². The van der Waals surface area contributed by atoms with Gasteiger partial charge in [-0.3, -0.25) is 0 Å². The molecule has 0 aliphatic heterocycles. The van der Waals surface area contributed by atoms with Gasteiger partial charge in [0.05, 0.1) is 6.10 Å². The van der Waals surface area contributed by atoms with Crippen molar-refractivity contribution in [2.24, 2.45) is 0 Å². The molecule has 1 nitrogen and oxygen atoms in total. The first-order chi connectivity index (χ1) is 8.56. The van der Waals surface area contributed by atoms with E-state index in [-0.39, 0.29) is 0 Å². The molecule has 2 aromatic rings. The van der Waals surface area contributed by atoms with Crippen LogP contribution in [0.15, 0.2) is 42.5 Å². The first-order valence-electron chi connectivity index (χ1n) is 5.75. The molecule has 0 bridgehead atoms. The minimum absolute atomic E-state index is 0.530. The molecule has 0 saturated heterocycles. The quantitative estimate of drug-likeness (QED) is 0.873. The van der Waals surface area contributed by atoms with Crippen LogP contribution >= 0.6 is 23.2 Å². The van der Waals surface area contributed by atoms with Crippen molar-refractivity contribution in [3.05, 3.63) is 69.2 Å². The van der Waals surface area contributed by atoms with Gasteiger partial charge in [0.2, 0.25) is 0 Å². The molecule has 1 unspecified atom stereocenters. The molecule has 0 fully saturated rings. The number of hydrogen-bond acceptors (Lipinski definition) is 1. The minimum atomic E-state index is -0.567. The van der Waals surface area contributed by atoms with Gasteiger partial charge in [0.15, 0.2) is 0 Å². The molecule has 1 N–H and O–H groups in total. The average molecular weight is 281 g/mol. The fraction of sp³-hybridized carbons (Fsp3) is 0.200. The van der Waals surface area contributed by atoms with Crippen molar-refractivity contribution in [1.29, 1.82) is 0 Å². The van der Waals surface area contributed by atoms with Crippen molar-refractivity contribution >= 4 is 23.2 Å². The van der Waals surface area contributed by atoms with E-state index >= 15 is 0 Å². The van der Waals surface area contributed by atoms with Gasteiger partial charge in [-0.05, 0) is 47.9 Å². The standard InChI is InChI=1S/C15H14Cl2O/c1-10-5-6-13(17)9-14(10)15(18)8-11-3-2-4-12(16)7-11/h2-7,9,15,18H,8H2,1H3. The van der Waals surface area contributed by atoms with Crippen LogP contribution in [-0.2, 0) is 6.42 Å². The highest BCUT2D eigenvalue weighted by Gasteiger charge is 2.12. The van der Waals surface area contributed by atoms with Gasteiger partial charge in [0.1, 0.15) is 0 Å². The molecule has 3 heteroatoms. The summed E-state index contributed by atoms with van der Waals surface area (Å²) >= 11 is 11.9. The maximum absolute atomic E-state index is 10.3. The molecule has 94 valence electrons. The van der Waals surface area contributed by atoms with Crippen LogP contribution < -0.4 is 0 Å². The van der Waals surface area contributed by atoms with E-state index in [4.69, 9.17) is 23.2 Å². The van der Waals surface area contributed by atoms with Gasteiger partial charge in [0.25, 0.3) is 0 Å². The van der Waals surface area contributed by atoms with Crippen LogP contribution in [0.3, 0.4) is 0 Å². The summed E-state index contributed by atoms with van der Waals surface area (Å²) in [7, 11) is 0. The number of aryl methyl sites for hydroxylation is 1. The van der Waals surface area contributed by atoms with Gasteiger partial charge in [-0.2, -0.15) is 0 Å². The highest BCUT2D eigenvalue weighted by atomic mass is 35.5. The van der Waals surface area contributed by atoms with Crippen molar-refractivity contribution < 1.29 is 5.11 Å². The Balaban J connectivity index is 2.21. The van der Waals surface area contributed by atoms with Crippen molar-refractivity contribution in [2.75, 3.05) is 0 Å². The zero-order valence-electron chi connectivity index (χ0n) is 10.0. The van der Waals surface area contributed by atoms with Crippen LogP contribution in [0, 0.1) is 6.92 Å². The predicted octanol–water partition coefficient (Wildman–Crippen LogP) is 4.58. The highest BCUT2D eigenvalue weighted by Crippen LogP contribution is 2.25. The minimum Gasteiger partial charge on any atom is -0.388 e. The maximum atomic E-state index is 10.3. The largest absolute Gasteiger partial charge is 0.388 e. The van der Waals surface area contributed by atoms with Crippen LogP contribution in [0.25, 0.3) is 0 Å². The summed E-state index contributed by atoms with van der Waals surface area (Å²) in [5, 5.41) is 11.6. The summed E-state index contributed by atoms with van der Waals surface area (Å²) in [6.07, 6.45) is -0.0379. The Morgan fingerprint density at radius 3 is 2.50 bits per heavy atom. The molecule has 18 heavy (non-hydrogen) atoms. The lowest BCUT2D eigenvalue weighted by atomic mass is 9.98. The normalized spacial score (nSPS) is 12.4. The SMILES string of the molecule is Cc1ccc(Cl)cc1C(O)Cc1cccc(Cl)c1. The summed E-state index contributed by atoms with van der Waals surface area (Å²) in [6, 6.07) is 13.1. The van der Waals surface area contributed by atoms with E-state index in [9.17, 15) is 5.11 Å². The first kappa shape index (κ1) is 13.4. The summed E-state index contributed by atoms with van der Waals surface area (Å²) in [4.78, 5) is 0. The Hall–Kier alpha value is -1.02. The lowest BCUT2D eigenvalue weighted by Gasteiger charge is -2.14. The number of benzene rings is 2. The van der Waals surface area contributed by atoms with Gasteiger partial charge in [0, 0.05) is 16.5 Å². The Kier molecular flexibility index (Phi) is 4.28. The van der Waals surface area contributed by atoms with E-state index in [1.165, 1.54) is 0 Å². The second-order valence-corrected chi connectivity index (χ2v) is 5.22. The Bertz CT molecular complexity index is 552. The Morgan fingerprint density at radius 2 is 1.78 bits per heavy atom. The summed E-state index contributed by atoms with van der Waals surface area (Å²) in [5.74, 6) is 0. The number of aliphatic hydroxyl groups is 1.